The molecule has 0 spiro atoms. The lowest BCUT2D eigenvalue weighted by molar-refractivity contribution is 0.0953. The van der Waals surface area contributed by atoms with Gasteiger partial charge in [-0.3, -0.25) is 4.79 Å². The summed E-state index contributed by atoms with van der Waals surface area (Å²) in [5.74, 6) is -0.0476. The molecular weight excluding hydrogens is 407 g/mol. The molecule has 0 aliphatic carbocycles. The Labute approximate surface area is 181 Å². The minimum absolute atomic E-state index is 0.0476. The predicted molar refractivity (Wildman–Crippen MR) is 118 cm³/mol. The van der Waals surface area contributed by atoms with Crippen LogP contribution in [0.2, 0.25) is 10.2 Å². The van der Waals surface area contributed by atoms with Crippen molar-refractivity contribution in [3.8, 4) is 5.69 Å². The lowest BCUT2D eigenvalue weighted by Crippen LogP contribution is -2.24. The van der Waals surface area contributed by atoms with E-state index in [-0.39, 0.29) is 5.91 Å². The molecule has 1 aromatic heterocycles. The molecule has 3 rings (SSSR count). The van der Waals surface area contributed by atoms with E-state index in [0.717, 1.165) is 28.9 Å². The van der Waals surface area contributed by atoms with Crippen LogP contribution in [0.4, 0.5) is 0 Å². The highest BCUT2D eigenvalue weighted by molar-refractivity contribution is 6.33. The van der Waals surface area contributed by atoms with Crippen molar-refractivity contribution in [2.45, 2.75) is 33.4 Å². The van der Waals surface area contributed by atoms with Gasteiger partial charge in [0.1, 0.15) is 5.15 Å². The molecule has 0 bridgehead atoms. The molecule has 0 aliphatic heterocycles. The molecule has 0 atom stereocenters. The Kier molecular flexibility index (Phi) is 7.31. The van der Waals surface area contributed by atoms with E-state index in [9.17, 15) is 4.79 Å². The minimum atomic E-state index is -0.0476. The maximum atomic E-state index is 12.1. The number of halogens is 2. The molecule has 2 N–H and O–H groups in total. The lowest BCUT2D eigenvalue weighted by Gasteiger charge is -2.08. The molecule has 29 heavy (non-hydrogen) atoms. The zero-order chi connectivity index (χ0) is 20.8. The standard InChI is InChI=1S/C22H24Cl2N4O/c1-3-11-26-22(29)17-8-6-7-16(12-17)13-25-14-18-15(2)27-28(21(18)24)20-10-5-4-9-19(20)23/h4-10,12,25H,3,11,13-14H2,1-2H3,(H,26,29). The van der Waals surface area contributed by atoms with Crippen molar-refractivity contribution in [2.75, 3.05) is 6.54 Å². The Morgan fingerprint density at radius 1 is 1.10 bits per heavy atom. The molecule has 0 radical (unpaired) electrons. The van der Waals surface area contributed by atoms with Crippen LogP contribution in [-0.4, -0.2) is 22.2 Å². The summed E-state index contributed by atoms with van der Waals surface area (Å²) < 4.78 is 1.66. The summed E-state index contributed by atoms with van der Waals surface area (Å²) in [6, 6.07) is 15.1. The normalized spacial score (nSPS) is 10.9. The van der Waals surface area contributed by atoms with Crippen LogP contribution in [0, 0.1) is 6.92 Å². The third-order valence-electron chi connectivity index (χ3n) is 4.56. The topological polar surface area (TPSA) is 59.0 Å². The van der Waals surface area contributed by atoms with E-state index in [4.69, 9.17) is 23.2 Å². The van der Waals surface area contributed by atoms with Crippen molar-refractivity contribution < 1.29 is 4.79 Å². The van der Waals surface area contributed by atoms with Gasteiger partial charge in [0.15, 0.2) is 0 Å². The Hall–Kier alpha value is -2.34. The number of hydrogen-bond donors (Lipinski definition) is 2. The number of hydrogen-bond acceptors (Lipinski definition) is 3. The minimum Gasteiger partial charge on any atom is -0.352 e. The molecule has 1 amide bonds. The second-order valence-corrected chi connectivity index (χ2v) is 7.54. The summed E-state index contributed by atoms with van der Waals surface area (Å²) in [6.07, 6.45) is 0.912. The first-order valence-corrected chi connectivity index (χ1v) is 10.3. The van der Waals surface area contributed by atoms with Crippen molar-refractivity contribution in [1.82, 2.24) is 20.4 Å². The Bertz CT molecular complexity index is 1000. The molecule has 5 nitrogen and oxygen atoms in total. The number of nitrogens with zero attached hydrogens (tertiary/aromatic N) is 2. The fraction of sp³-hybridized carbons (Fsp3) is 0.273. The number of benzene rings is 2. The fourth-order valence-electron chi connectivity index (χ4n) is 3.01. The number of nitrogens with one attached hydrogen (secondary N) is 2. The predicted octanol–water partition coefficient (Wildman–Crippen LogP) is 4.92. The average molecular weight is 431 g/mol. The van der Waals surface area contributed by atoms with Gasteiger partial charge in [-0.25, -0.2) is 4.68 Å². The molecule has 0 saturated heterocycles. The molecule has 0 aliphatic rings. The van der Waals surface area contributed by atoms with Gasteiger partial charge in [-0.05, 0) is 43.2 Å². The first-order chi connectivity index (χ1) is 14.0. The van der Waals surface area contributed by atoms with Gasteiger partial charge >= 0.3 is 0 Å². The summed E-state index contributed by atoms with van der Waals surface area (Å²) in [7, 11) is 0. The van der Waals surface area contributed by atoms with Gasteiger partial charge in [0.05, 0.1) is 16.4 Å². The van der Waals surface area contributed by atoms with Crippen LogP contribution in [-0.2, 0) is 13.1 Å². The third kappa shape index (κ3) is 5.18. The van der Waals surface area contributed by atoms with Crippen molar-refractivity contribution in [2.24, 2.45) is 0 Å². The maximum Gasteiger partial charge on any atom is 0.251 e. The molecule has 0 saturated carbocycles. The van der Waals surface area contributed by atoms with E-state index in [2.05, 4.69) is 15.7 Å². The van der Waals surface area contributed by atoms with Crippen LogP contribution in [0.15, 0.2) is 48.5 Å². The van der Waals surface area contributed by atoms with Crippen LogP contribution in [0.5, 0.6) is 0 Å². The van der Waals surface area contributed by atoms with Crippen molar-refractivity contribution in [3.63, 3.8) is 0 Å². The number of aryl methyl sites for hydroxylation is 1. The second kappa shape index (κ2) is 9.92. The first-order valence-electron chi connectivity index (χ1n) is 9.58. The maximum absolute atomic E-state index is 12.1. The number of carbonyl (C=O) groups is 1. The summed E-state index contributed by atoms with van der Waals surface area (Å²) in [4.78, 5) is 12.1. The summed E-state index contributed by atoms with van der Waals surface area (Å²) >= 11 is 12.9. The Morgan fingerprint density at radius 2 is 1.90 bits per heavy atom. The molecule has 2 aromatic carbocycles. The number of amides is 1. The van der Waals surface area contributed by atoms with Gasteiger partial charge in [-0.15, -0.1) is 0 Å². The number of para-hydroxylation sites is 1. The van der Waals surface area contributed by atoms with Crippen LogP contribution in [0.3, 0.4) is 0 Å². The van der Waals surface area contributed by atoms with Gasteiger partial charge in [-0.1, -0.05) is 54.4 Å². The Balaban J connectivity index is 1.67. The fourth-order valence-corrected chi connectivity index (χ4v) is 3.56. The zero-order valence-electron chi connectivity index (χ0n) is 16.5. The van der Waals surface area contributed by atoms with E-state index in [1.165, 1.54) is 0 Å². The first kappa shape index (κ1) is 21.4. The Morgan fingerprint density at radius 3 is 2.66 bits per heavy atom. The van der Waals surface area contributed by atoms with Crippen molar-refractivity contribution in [3.05, 3.63) is 81.1 Å². The molecule has 0 fully saturated rings. The van der Waals surface area contributed by atoms with Gasteiger partial charge in [-0.2, -0.15) is 5.10 Å². The zero-order valence-corrected chi connectivity index (χ0v) is 18.0. The van der Waals surface area contributed by atoms with Crippen LogP contribution < -0.4 is 10.6 Å². The van der Waals surface area contributed by atoms with Gasteiger partial charge in [0.2, 0.25) is 0 Å². The van der Waals surface area contributed by atoms with Gasteiger partial charge in [0.25, 0.3) is 5.91 Å². The highest BCUT2D eigenvalue weighted by Gasteiger charge is 2.16. The smallest absolute Gasteiger partial charge is 0.251 e. The van der Waals surface area contributed by atoms with Crippen molar-refractivity contribution in [1.29, 1.82) is 0 Å². The average Bonchev–Trinajstić information content (AvgIpc) is 3.00. The lowest BCUT2D eigenvalue weighted by atomic mass is 10.1. The van der Waals surface area contributed by atoms with Gasteiger partial charge < -0.3 is 10.6 Å². The van der Waals surface area contributed by atoms with Crippen LogP contribution in [0.1, 0.15) is 40.5 Å². The summed E-state index contributed by atoms with van der Waals surface area (Å²) in [5, 5.41) is 12.0. The second-order valence-electron chi connectivity index (χ2n) is 6.78. The van der Waals surface area contributed by atoms with E-state index < -0.39 is 0 Å². The number of aromatic nitrogens is 2. The van der Waals surface area contributed by atoms with E-state index in [1.807, 2.05) is 62.4 Å². The number of rotatable bonds is 8. The molecule has 3 aromatic rings. The number of carbonyl (C=O) groups excluding carboxylic acids is 1. The van der Waals surface area contributed by atoms with Crippen molar-refractivity contribution >= 4 is 29.1 Å². The molecule has 7 heteroatoms. The van der Waals surface area contributed by atoms with Crippen LogP contribution >= 0.6 is 23.2 Å². The van der Waals surface area contributed by atoms with Crippen LogP contribution in [0.25, 0.3) is 5.69 Å². The summed E-state index contributed by atoms with van der Waals surface area (Å²) in [5.41, 5.74) is 4.21. The van der Waals surface area contributed by atoms with E-state index in [0.29, 0.717) is 35.4 Å². The molecule has 152 valence electrons. The molecule has 0 unspecified atom stereocenters. The van der Waals surface area contributed by atoms with E-state index >= 15 is 0 Å². The molecule has 1 heterocycles. The van der Waals surface area contributed by atoms with E-state index in [1.54, 1.807) is 4.68 Å². The highest BCUT2D eigenvalue weighted by Crippen LogP contribution is 2.27. The summed E-state index contributed by atoms with van der Waals surface area (Å²) in [6.45, 7) is 5.80. The molecular formula is C22H24Cl2N4O. The highest BCUT2D eigenvalue weighted by atomic mass is 35.5. The quantitative estimate of drug-likeness (QED) is 0.533. The van der Waals surface area contributed by atoms with Gasteiger partial charge in [0, 0.05) is 30.8 Å². The monoisotopic (exact) mass is 430 g/mol. The largest absolute Gasteiger partial charge is 0.352 e. The SMILES string of the molecule is CCCNC(=O)c1cccc(CNCc2c(C)nn(-c3ccccc3Cl)c2Cl)c1. The third-order valence-corrected chi connectivity index (χ3v) is 5.27.